The third-order valence-electron chi connectivity index (χ3n) is 2.87. The van der Waals surface area contributed by atoms with Crippen molar-refractivity contribution in [2.45, 2.75) is 38.4 Å². The van der Waals surface area contributed by atoms with E-state index in [0.717, 1.165) is 19.4 Å². The number of hydrogen-bond acceptors (Lipinski definition) is 3. The first-order valence-corrected chi connectivity index (χ1v) is 5.61. The number of nitrogens with zero attached hydrogens (tertiary/aromatic N) is 2. The molecule has 16 heavy (non-hydrogen) atoms. The van der Waals surface area contributed by atoms with E-state index < -0.39 is 12.0 Å². The van der Waals surface area contributed by atoms with E-state index in [9.17, 15) is 4.79 Å². The second kappa shape index (κ2) is 4.65. The number of nitrogens with one attached hydrogen (secondary N) is 1. The molecule has 0 amide bonds. The van der Waals surface area contributed by atoms with Crippen LogP contribution >= 0.6 is 0 Å². The zero-order valence-corrected chi connectivity index (χ0v) is 9.34. The maximum atomic E-state index is 11.0. The van der Waals surface area contributed by atoms with Crippen molar-refractivity contribution >= 4 is 5.97 Å². The van der Waals surface area contributed by atoms with E-state index >= 15 is 0 Å². The van der Waals surface area contributed by atoms with Gasteiger partial charge < -0.3 is 9.67 Å². The average molecular weight is 223 g/mol. The third-order valence-corrected chi connectivity index (χ3v) is 2.87. The molecule has 5 nitrogen and oxygen atoms in total. The zero-order chi connectivity index (χ0) is 11.5. The van der Waals surface area contributed by atoms with Gasteiger partial charge in [0.1, 0.15) is 6.04 Å². The van der Waals surface area contributed by atoms with Crippen LogP contribution in [0.3, 0.4) is 0 Å². The van der Waals surface area contributed by atoms with Crippen LogP contribution in [0.4, 0.5) is 0 Å². The predicted molar refractivity (Wildman–Crippen MR) is 59.0 cm³/mol. The fraction of sp³-hybridized carbons (Fsp3) is 0.636. The normalized spacial score (nSPS) is 19.3. The second-order valence-electron chi connectivity index (χ2n) is 4.48. The van der Waals surface area contributed by atoms with Crippen LogP contribution < -0.4 is 5.32 Å². The lowest BCUT2D eigenvalue weighted by Crippen LogP contribution is -2.45. The van der Waals surface area contributed by atoms with Gasteiger partial charge in [-0.2, -0.15) is 0 Å². The van der Waals surface area contributed by atoms with Crippen molar-refractivity contribution in [3.8, 4) is 0 Å². The number of carboxylic acid groups (broad SMARTS) is 1. The summed E-state index contributed by atoms with van der Waals surface area (Å²) in [6, 6.07) is -0.255. The van der Waals surface area contributed by atoms with Gasteiger partial charge >= 0.3 is 5.97 Å². The standard InChI is InChI=1S/C11H17N3O2/c1-8(6-14-5-4-12-7-14)13-10(11(15)16)9-2-3-9/h4-5,7-10,13H,2-3,6H2,1H3,(H,15,16). The summed E-state index contributed by atoms with van der Waals surface area (Å²) in [4.78, 5) is 15.0. The molecular formula is C11H17N3O2. The van der Waals surface area contributed by atoms with Crippen LogP contribution in [0.5, 0.6) is 0 Å². The molecular weight excluding hydrogens is 206 g/mol. The molecule has 1 aromatic rings. The van der Waals surface area contributed by atoms with Crippen LogP contribution in [0.25, 0.3) is 0 Å². The molecule has 5 heteroatoms. The molecule has 0 radical (unpaired) electrons. The molecule has 2 N–H and O–H groups in total. The molecule has 2 atom stereocenters. The minimum Gasteiger partial charge on any atom is -0.480 e. The molecule has 0 bridgehead atoms. The van der Waals surface area contributed by atoms with E-state index in [-0.39, 0.29) is 6.04 Å². The summed E-state index contributed by atoms with van der Waals surface area (Å²) in [5.41, 5.74) is 0. The van der Waals surface area contributed by atoms with Crippen LogP contribution in [0.1, 0.15) is 19.8 Å². The summed E-state index contributed by atoms with van der Waals surface area (Å²) in [7, 11) is 0. The molecule has 2 rings (SSSR count). The highest BCUT2D eigenvalue weighted by atomic mass is 16.4. The van der Waals surface area contributed by atoms with Crippen molar-refractivity contribution in [1.29, 1.82) is 0 Å². The van der Waals surface area contributed by atoms with Gasteiger partial charge in [-0.1, -0.05) is 0 Å². The molecule has 88 valence electrons. The van der Waals surface area contributed by atoms with Crippen molar-refractivity contribution in [3.05, 3.63) is 18.7 Å². The minimum atomic E-state index is -0.736. The smallest absolute Gasteiger partial charge is 0.320 e. The van der Waals surface area contributed by atoms with Gasteiger partial charge in [0.2, 0.25) is 0 Å². The number of imidazole rings is 1. The van der Waals surface area contributed by atoms with Crippen LogP contribution in [0.15, 0.2) is 18.7 Å². The Balaban J connectivity index is 1.85. The zero-order valence-electron chi connectivity index (χ0n) is 9.34. The highest BCUT2D eigenvalue weighted by Gasteiger charge is 2.36. The number of carboxylic acids is 1. The molecule has 1 heterocycles. The first-order chi connectivity index (χ1) is 7.66. The number of aromatic nitrogens is 2. The van der Waals surface area contributed by atoms with Crippen LogP contribution in [0, 0.1) is 5.92 Å². The van der Waals surface area contributed by atoms with Crippen molar-refractivity contribution in [2.75, 3.05) is 0 Å². The van der Waals surface area contributed by atoms with Gasteiger partial charge in [0.15, 0.2) is 0 Å². The van der Waals surface area contributed by atoms with Gasteiger partial charge in [-0.25, -0.2) is 4.98 Å². The van der Waals surface area contributed by atoms with Gasteiger partial charge in [-0.15, -0.1) is 0 Å². The Kier molecular flexibility index (Phi) is 3.24. The Hall–Kier alpha value is -1.36. The summed E-state index contributed by atoms with van der Waals surface area (Å²) >= 11 is 0. The molecule has 0 aromatic carbocycles. The minimum absolute atomic E-state index is 0.135. The van der Waals surface area contributed by atoms with Crippen molar-refractivity contribution in [1.82, 2.24) is 14.9 Å². The maximum Gasteiger partial charge on any atom is 0.320 e. The topological polar surface area (TPSA) is 67.2 Å². The molecule has 0 aliphatic heterocycles. The molecule has 1 aromatic heterocycles. The largest absolute Gasteiger partial charge is 0.480 e. The fourth-order valence-corrected chi connectivity index (χ4v) is 1.91. The second-order valence-corrected chi connectivity index (χ2v) is 4.48. The summed E-state index contributed by atoms with van der Waals surface area (Å²) in [5, 5.41) is 12.2. The predicted octanol–water partition coefficient (Wildman–Crippen LogP) is 0.724. The summed E-state index contributed by atoms with van der Waals surface area (Å²) < 4.78 is 1.95. The van der Waals surface area contributed by atoms with Gasteiger partial charge in [0.05, 0.1) is 6.33 Å². The lowest BCUT2D eigenvalue weighted by atomic mass is 10.1. The number of hydrogen-bond donors (Lipinski definition) is 2. The lowest BCUT2D eigenvalue weighted by molar-refractivity contribution is -0.140. The first kappa shape index (κ1) is 11.1. The first-order valence-electron chi connectivity index (χ1n) is 5.61. The Morgan fingerprint density at radius 1 is 1.69 bits per heavy atom. The molecule has 1 aliphatic rings. The van der Waals surface area contributed by atoms with E-state index in [4.69, 9.17) is 5.11 Å². The van der Waals surface area contributed by atoms with E-state index in [1.54, 1.807) is 12.5 Å². The van der Waals surface area contributed by atoms with Crippen LogP contribution in [-0.4, -0.2) is 32.7 Å². The molecule has 0 saturated heterocycles. The Bertz CT molecular complexity index is 346. The van der Waals surface area contributed by atoms with E-state index in [1.165, 1.54) is 0 Å². The SMILES string of the molecule is CC(Cn1ccnc1)NC(C(=O)O)C1CC1. The molecule has 1 saturated carbocycles. The number of carbonyl (C=O) groups is 1. The average Bonchev–Trinajstić information content (AvgIpc) is 2.94. The Morgan fingerprint density at radius 3 is 2.94 bits per heavy atom. The fourth-order valence-electron chi connectivity index (χ4n) is 1.91. The van der Waals surface area contributed by atoms with E-state index in [1.807, 2.05) is 17.7 Å². The summed E-state index contributed by atoms with van der Waals surface area (Å²) in [6.07, 6.45) is 7.40. The summed E-state index contributed by atoms with van der Waals surface area (Å²) in [6.45, 7) is 2.74. The monoisotopic (exact) mass is 223 g/mol. The maximum absolute atomic E-state index is 11.0. The van der Waals surface area contributed by atoms with Gasteiger partial charge in [-0.3, -0.25) is 10.1 Å². The lowest BCUT2D eigenvalue weighted by Gasteiger charge is -2.20. The van der Waals surface area contributed by atoms with E-state index in [2.05, 4.69) is 10.3 Å². The molecule has 1 aliphatic carbocycles. The Morgan fingerprint density at radius 2 is 2.44 bits per heavy atom. The van der Waals surface area contributed by atoms with Crippen molar-refractivity contribution in [2.24, 2.45) is 5.92 Å². The number of rotatable bonds is 6. The number of aliphatic carboxylic acids is 1. The van der Waals surface area contributed by atoms with Crippen molar-refractivity contribution < 1.29 is 9.90 Å². The summed E-state index contributed by atoms with van der Waals surface area (Å²) in [5.74, 6) is -0.414. The van der Waals surface area contributed by atoms with Gasteiger partial charge in [0, 0.05) is 25.0 Å². The molecule has 0 spiro atoms. The van der Waals surface area contributed by atoms with E-state index in [0.29, 0.717) is 5.92 Å². The quantitative estimate of drug-likeness (QED) is 0.746. The molecule has 2 unspecified atom stereocenters. The van der Waals surface area contributed by atoms with Gasteiger partial charge in [0.25, 0.3) is 0 Å². The van der Waals surface area contributed by atoms with Crippen molar-refractivity contribution in [3.63, 3.8) is 0 Å². The van der Waals surface area contributed by atoms with Gasteiger partial charge in [-0.05, 0) is 25.7 Å². The molecule has 1 fully saturated rings. The highest BCUT2D eigenvalue weighted by molar-refractivity contribution is 5.74. The van der Waals surface area contributed by atoms with Crippen LogP contribution in [0.2, 0.25) is 0 Å². The van der Waals surface area contributed by atoms with Crippen LogP contribution in [-0.2, 0) is 11.3 Å². The highest BCUT2D eigenvalue weighted by Crippen LogP contribution is 2.32. The third kappa shape index (κ3) is 2.82. The Labute approximate surface area is 94.5 Å².